The Morgan fingerprint density at radius 2 is 1.50 bits per heavy atom. The molecular formula is C15H24LiOP. The van der Waals surface area contributed by atoms with Crippen molar-refractivity contribution >= 4 is 14.8 Å². The number of hydrogen-bond donors (Lipinski definition) is 0. The molecular weight excluding hydrogens is 234 g/mol. The van der Waals surface area contributed by atoms with Crippen LogP contribution in [0.2, 0.25) is 0 Å². The molecule has 1 rings (SSSR count). The number of benzene rings is 1. The van der Waals surface area contributed by atoms with E-state index >= 15 is 0 Å². The third-order valence-electron chi connectivity index (χ3n) is 2.60. The Hall–Kier alpha value is -0.0826. The fourth-order valence-electron chi connectivity index (χ4n) is 1.66. The van der Waals surface area contributed by atoms with Gasteiger partial charge < -0.3 is 6.92 Å². The fraction of sp³-hybridized carbons (Fsp3) is 0.467. The van der Waals surface area contributed by atoms with Gasteiger partial charge in [-0.05, 0) is 49.9 Å². The normalized spacial score (nSPS) is 9.39. The first-order valence-electron chi connectivity index (χ1n) is 5.88. The number of carbonyl (C=O) groups excluding carboxylic acids is 1. The molecule has 1 unspecified atom stereocenters. The van der Waals surface area contributed by atoms with Gasteiger partial charge in [0.05, 0.1) is 0 Å². The van der Waals surface area contributed by atoms with Crippen LogP contribution in [0.5, 0.6) is 0 Å². The number of rotatable bonds is 1. The fourth-order valence-corrected chi connectivity index (χ4v) is 2.11. The van der Waals surface area contributed by atoms with Gasteiger partial charge in [0.25, 0.3) is 0 Å². The van der Waals surface area contributed by atoms with E-state index in [0.29, 0.717) is 5.92 Å². The summed E-state index contributed by atoms with van der Waals surface area (Å²) in [7, 11) is 2.24. The Kier molecular flexibility index (Phi) is 10.0. The molecule has 1 nitrogen and oxygen atoms in total. The third kappa shape index (κ3) is 6.19. The molecule has 0 aromatic heterocycles. The zero-order valence-corrected chi connectivity index (χ0v) is 14.0. The summed E-state index contributed by atoms with van der Waals surface area (Å²) in [5.74, 6) is 0.583. The van der Waals surface area contributed by atoms with Crippen molar-refractivity contribution in [3.63, 3.8) is 0 Å². The van der Waals surface area contributed by atoms with Crippen molar-refractivity contribution in [1.82, 2.24) is 0 Å². The molecule has 0 N–H and O–H groups in total. The predicted octanol–water partition coefficient (Wildman–Crippen LogP) is 1.42. The second-order valence-electron chi connectivity index (χ2n) is 4.89. The Labute approximate surface area is 127 Å². The van der Waals surface area contributed by atoms with Crippen molar-refractivity contribution in [2.24, 2.45) is 5.92 Å². The average Bonchev–Trinajstić information content (AvgIpc) is 2.12. The van der Waals surface area contributed by atoms with Crippen LogP contribution in [-0.4, -0.2) is 5.52 Å². The van der Waals surface area contributed by atoms with E-state index in [1.165, 1.54) is 11.1 Å². The molecule has 1 aromatic carbocycles. The second kappa shape index (κ2) is 8.92. The summed E-state index contributed by atoms with van der Waals surface area (Å²) in [5, 5.41) is 0. The maximum atomic E-state index is 11.3. The summed E-state index contributed by atoms with van der Waals surface area (Å²) in [5.41, 5.74) is 5.59. The number of hydrogen-bond acceptors (Lipinski definition) is 1. The Morgan fingerprint density at radius 3 is 1.83 bits per heavy atom. The molecule has 0 aliphatic carbocycles. The average molecular weight is 258 g/mol. The molecule has 96 valence electrons. The van der Waals surface area contributed by atoms with Crippen molar-refractivity contribution < 1.29 is 23.7 Å². The van der Waals surface area contributed by atoms with E-state index in [4.69, 9.17) is 0 Å². The second-order valence-corrected chi connectivity index (χ2v) is 5.42. The van der Waals surface area contributed by atoms with Gasteiger partial charge >= 0.3 is 18.9 Å². The van der Waals surface area contributed by atoms with E-state index in [1.807, 2.05) is 13.8 Å². The molecule has 0 aliphatic rings. The van der Waals surface area contributed by atoms with E-state index in [9.17, 15) is 4.79 Å². The summed E-state index contributed by atoms with van der Waals surface area (Å²) in [6, 6.07) is 2.07. The maximum absolute atomic E-state index is 11.3. The smallest absolute Gasteiger partial charge is 0.341 e. The molecule has 18 heavy (non-hydrogen) atoms. The van der Waals surface area contributed by atoms with E-state index in [2.05, 4.69) is 49.9 Å². The van der Waals surface area contributed by atoms with Gasteiger partial charge in [0.1, 0.15) is 0 Å². The van der Waals surface area contributed by atoms with E-state index < -0.39 is 0 Å². The molecule has 0 saturated heterocycles. The van der Waals surface area contributed by atoms with Crippen LogP contribution in [0.4, 0.5) is 0 Å². The van der Waals surface area contributed by atoms with Gasteiger partial charge in [-0.25, -0.2) is 0 Å². The molecule has 0 bridgehead atoms. The van der Waals surface area contributed by atoms with Gasteiger partial charge in [-0.1, -0.05) is 29.2 Å². The summed E-state index contributed by atoms with van der Waals surface area (Å²) in [6.45, 7) is 15.9. The van der Waals surface area contributed by atoms with Crippen molar-refractivity contribution in [3.8, 4) is 0 Å². The predicted molar refractivity (Wildman–Crippen MR) is 79.6 cm³/mol. The Bertz CT molecular complexity index is 409. The molecule has 0 amide bonds. The molecule has 0 saturated carbocycles. The number of carbonyl (C=O) groups is 1. The zero-order chi connectivity index (χ0) is 13.7. The summed E-state index contributed by atoms with van der Waals surface area (Å²) >= 11 is 0. The van der Waals surface area contributed by atoms with Gasteiger partial charge in [0.15, 0.2) is 5.52 Å². The zero-order valence-electron chi connectivity index (χ0n) is 12.8. The summed E-state index contributed by atoms with van der Waals surface area (Å²) in [6.07, 6.45) is 0. The van der Waals surface area contributed by atoms with Crippen LogP contribution < -0.4 is 18.9 Å². The van der Waals surface area contributed by atoms with E-state index in [0.717, 1.165) is 16.7 Å². The molecule has 0 spiro atoms. The van der Waals surface area contributed by atoms with Crippen LogP contribution >= 0.6 is 9.24 Å². The first-order chi connectivity index (χ1) is 7.68. The minimum atomic E-state index is 0. The van der Waals surface area contributed by atoms with Crippen molar-refractivity contribution in [2.45, 2.75) is 41.5 Å². The molecule has 0 aliphatic heterocycles. The van der Waals surface area contributed by atoms with Crippen LogP contribution in [0.3, 0.4) is 0 Å². The van der Waals surface area contributed by atoms with Crippen molar-refractivity contribution in [1.29, 1.82) is 0 Å². The van der Waals surface area contributed by atoms with Gasteiger partial charge in [-0.3, -0.25) is 4.79 Å². The quantitative estimate of drug-likeness (QED) is 0.423. The topological polar surface area (TPSA) is 17.1 Å². The Balaban J connectivity index is 0. The van der Waals surface area contributed by atoms with Crippen LogP contribution in [0.15, 0.2) is 6.07 Å². The monoisotopic (exact) mass is 258 g/mol. The van der Waals surface area contributed by atoms with Gasteiger partial charge in [0.2, 0.25) is 0 Å². The van der Waals surface area contributed by atoms with Crippen molar-refractivity contribution in [3.05, 3.63) is 40.8 Å². The van der Waals surface area contributed by atoms with Crippen LogP contribution in [-0.2, 0) is 0 Å². The van der Waals surface area contributed by atoms with Crippen LogP contribution in [0, 0.1) is 40.5 Å². The van der Waals surface area contributed by atoms with E-state index in [-0.39, 0.29) is 24.4 Å². The third-order valence-corrected chi connectivity index (χ3v) is 2.89. The SMILES string of the molecule is Cc1cc(C)c(C(=O)P)c(C)c1C.[CH2-]C(C)C.[Li+]. The number of aryl methyl sites for hydroxylation is 2. The first kappa shape index (κ1) is 20.2. The molecule has 1 aromatic rings. The molecule has 0 radical (unpaired) electrons. The van der Waals surface area contributed by atoms with Gasteiger partial charge in [-0.15, -0.1) is 0 Å². The first-order valence-corrected chi connectivity index (χ1v) is 6.46. The largest absolute Gasteiger partial charge is 1.00 e. The van der Waals surface area contributed by atoms with Crippen LogP contribution in [0.1, 0.15) is 46.5 Å². The summed E-state index contributed by atoms with van der Waals surface area (Å²) in [4.78, 5) is 11.3. The molecule has 1 atom stereocenters. The van der Waals surface area contributed by atoms with Gasteiger partial charge in [-0.2, -0.15) is 5.92 Å². The molecule has 3 heteroatoms. The standard InChI is InChI=1S/C11H15OP.C4H9.Li/c1-6-5-7(2)10(11(12)13)9(4)8(6)3;1-4(2)3;/h5H,13H2,1-4H3;4H,1H2,2-3H3;/q;-1;+1. The minimum Gasteiger partial charge on any atom is -0.341 e. The summed E-state index contributed by atoms with van der Waals surface area (Å²) < 4.78 is 0. The maximum Gasteiger partial charge on any atom is 1.00 e. The van der Waals surface area contributed by atoms with Gasteiger partial charge in [0, 0.05) is 5.56 Å². The van der Waals surface area contributed by atoms with Crippen molar-refractivity contribution in [2.75, 3.05) is 0 Å². The van der Waals surface area contributed by atoms with E-state index in [1.54, 1.807) is 0 Å². The Morgan fingerprint density at radius 1 is 1.11 bits per heavy atom. The molecule has 0 fully saturated rings. The minimum absolute atomic E-state index is 0. The molecule has 0 heterocycles. The van der Waals surface area contributed by atoms with Crippen LogP contribution in [0.25, 0.3) is 0 Å².